The van der Waals surface area contributed by atoms with E-state index < -0.39 is 11.9 Å². The third kappa shape index (κ3) is 20.6. The van der Waals surface area contributed by atoms with E-state index in [1.54, 1.807) is 79.4 Å². The molecule has 4 fully saturated rings. The van der Waals surface area contributed by atoms with Gasteiger partial charge >= 0.3 is 17.9 Å². The van der Waals surface area contributed by atoms with E-state index in [9.17, 15) is 48.6 Å². The highest BCUT2D eigenvalue weighted by Crippen LogP contribution is 2.46. The highest BCUT2D eigenvalue weighted by Gasteiger charge is 2.36. The van der Waals surface area contributed by atoms with Crippen molar-refractivity contribution in [1.82, 2.24) is 63.1 Å². The number of aromatic nitrogens is 13. The minimum atomic E-state index is -0.967. The topological polar surface area (TPSA) is 335 Å². The van der Waals surface area contributed by atoms with E-state index >= 15 is 0 Å². The maximum Gasteiger partial charge on any atom is 0.337 e. The Morgan fingerprint density at radius 2 is 0.735 bits per heavy atom. The van der Waals surface area contributed by atoms with E-state index in [2.05, 4.69) is 43.2 Å². The molecule has 4 saturated carbocycles. The second kappa shape index (κ2) is 41.3. The molecule has 4 aliphatic rings. The SMILES string of the molecule is CCC(=O)c1ccc2c(c1)nc(-c1ccccn1)n2[C@@H]1CCC[C@H](CC(=O)c2coc(C)n2)C1.COC(=O)c1ccc2c(c1)nc(-c1ccccn1)n2[C@@H]1CCC[C@H](CC(=O)c2cccs2)C1.Cc1ccc(C(=O)C[C@H]2CCC[C@@H](n3c(-c4ccccn4)nc4cc(C(=O)O)ccc43)C2)s1.O=C(O)c1ccc2c(c1)nc(-c1ccccn1)n2[C@@H]1CCC[C@H](CC(=O)c2cccs2)C1. The predicted molar refractivity (Wildman–Crippen MR) is 510 cm³/mol. The van der Waals surface area contributed by atoms with Crippen LogP contribution < -0.4 is 0 Å². The monoisotopic (exact) mass is 1820 g/mol. The molecule has 12 heterocycles. The number of fused-ring (bicyclic) bond motifs is 4. The highest BCUT2D eigenvalue weighted by molar-refractivity contribution is 7.14. The fourth-order valence-corrected chi connectivity index (χ4v) is 21.8. The van der Waals surface area contributed by atoms with Crippen LogP contribution in [-0.4, -0.2) is 127 Å². The number of oxazole rings is 1. The number of carbonyl (C=O) groups excluding carboxylic acids is 6. The summed E-state index contributed by atoms with van der Waals surface area (Å²) >= 11 is 4.58. The van der Waals surface area contributed by atoms with Gasteiger partial charge in [0.05, 0.1) is 82.6 Å². The molecule has 0 spiro atoms. The van der Waals surface area contributed by atoms with Crippen LogP contribution in [0, 0.1) is 37.5 Å². The van der Waals surface area contributed by atoms with Crippen molar-refractivity contribution in [2.75, 3.05) is 7.11 Å². The first-order chi connectivity index (χ1) is 64.3. The minimum Gasteiger partial charge on any atom is -0.478 e. The largest absolute Gasteiger partial charge is 0.478 e. The number of imidazole rings is 4. The van der Waals surface area contributed by atoms with E-state index in [0.717, 1.165) is 201 Å². The molecule has 20 rings (SSSR count). The molecule has 0 saturated heterocycles. The van der Waals surface area contributed by atoms with Gasteiger partial charge in [-0.1, -0.05) is 69.0 Å². The number of ether oxygens (including phenoxy) is 1. The van der Waals surface area contributed by atoms with Crippen LogP contribution in [0.3, 0.4) is 0 Å². The Bertz CT molecular complexity index is 6840. The molecule has 8 atom stereocenters. The van der Waals surface area contributed by atoms with Gasteiger partial charge in [0, 0.05) is 98.4 Å². The number of hydrogen-bond donors (Lipinski definition) is 2. The molecule has 12 aromatic heterocycles. The minimum absolute atomic E-state index is 0.0330. The number of carboxylic acids is 2. The summed E-state index contributed by atoms with van der Waals surface area (Å²) in [5.41, 5.74) is 11.8. The van der Waals surface area contributed by atoms with E-state index in [0.29, 0.717) is 83.6 Å². The molecule has 28 heteroatoms. The number of aromatic carboxylic acids is 2. The van der Waals surface area contributed by atoms with Crippen LogP contribution in [0.1, 0.15) is 258 Å². The second-order valence-electron chi connectivity index (χ2n) is 34.6. The predicted octanol–water partition coefficient (Wildman–Crippen LogP) is 24.0. The van der Waals surface area contributed by atoms with Crippen molar-refractivity contribution in [3.05, 3.63) is 277 Å². The lowest BCUT2D eigenvalue weighted by atomic mass is 9.82. The molecule has 132 heavy (non-hydrogen) atoms. The summed E-state index contributed by atoms with van der Waals surface area (Å²) in [5.74, 6) is 3.34. The maximum atomic E-state index is 12.8. The van der Waals surface area contributed by atoms with Gasteiger partial charge in [0.1, 0.15) is 34.7 Å². The lowest BCUT2D eigenvalue weighted by Gasteiger charge is -2.31. The van der Waals surface area contributed by atoms with Gasteiger partial charge < -0.3 is 37.6 Å². The molecule has 4 aromatic carbocycles. The van der Waals surface area contributed by atoms with Gasteiger partial charge in [-0.25, -0.2) is 39.3 Å². The fraction of sp³-hybridized carbons (Fsp3) is 0.317. The lowest BCUT2D eigenvalue weighted by Crippen LogP contribution is -2.22. The summed E-state index contributed by atoms with van der Waals surface area (Å²) in [6.45, 7) is 5.64. The van der Waals surface area contributed by atoms with Crippen molar-refractivity contribution < 1.29 is 57.7 Å². The van der Waals surface area contributed by atoms with Crippen LogP contribution in [0.2, 0.25) is 0 Å². The molecule has 2 N–H and O–H groups in total. The molecule has 16 aromatic rings. The zero-order valence-electron chi connectivity index (χ0n) is 73.8. The summed E-state index contributed by atoms with van der Waals surface area (Å²) in [6.07, 6.45) is 27.0. The number of hydrogen-bond acceptors (Lipinski definition) is 22. The van der Waals surface area contributed by atoms with Crippen molar-refractivity contribution >= 4 is 125 Å². The standard InChI is InChI=1S/C27H28N4O3.2C26H25N3O3S.C25H23N3O3S/c1-3-25(32)19-10-11-24-22(15-19)30-27(21-9-4-5-12-28-21)31(24)20-8-6-7-18(13-20)14-26(33)23-16-34-17(2)29-23;1-32-26(31)18-10-11-22-21(16-18)28-25(20-8-2-3-12-27-20)29(22)19-7-4-6-17(14-19)15-23(30)24-9-5-13-33-24;1-16-8-11-24(33-16)23(30)14-17-5-4-6-19(13-17)29-22-10-9-18(26(31)32)15-21(22)28-25(29)20-7-2-3-12-27-20;29-22(23-8-4-12-32-23)14-16-5-3-6-18(13-16)28-21-10-9-17(25(30)31)15-20(21)27-24(28)19-7-1-2-11-26-19/h4-5,9-12,15-16,18,20H,3,6-8,13-14H2,1-2H3;2-3,5,8-13,16-17,19H,4,6-7,14-15H2,1H3;2-3,7-12,15,17,19H,4-6,13-14H2,1H3,(H,31,32);1-2,4,7-12,15-16,18H,3,5-6,13-14H2,(H,30,31)/t18-,20+;2*17-,19+;16-,18+/m0000/s1. The molecule has 0 bridgehead atoms. The summed E-state index contributed by atoms with van der Waals surface area (Å²) in [7, 11) is 1.38. The Kier molecular flexibility index (Phi) is 28.2. The average Bonchev–Trinajstić information content (AvgIpc) is 1.62. The van der Waals surface area contributed by atoms with Gasteiger partial charge in [-0.2, -0.15) is 0 Å². The van der Waals surface area contributed by atoms with Gasteiger partial charge in [-0.3, -0.25) is 43.9 Å². The van der Waals surface area contributed by atoms with Crippen LogP contribution in [0.15, 0.2) is 228 Å². The highest BCUT2D eigenvalue weighted by atomic mass is 32.1. The Hall–Kier alpha value is -13.6. The summed E-state index contributed by atoms with van der Waals surface area (Å²) in [4.78, 5) is 144. The van der Waals surface area contributed by atoms with E-state index in [1.165, 1.54) is 36.0 Å². The Balaban J connectivity index is 0.000000123. The van der Waals surface area contributed by atoms with Crippen LogP contribution in [0.4, 0.5) is 0 Å². The molecule has 672 valence electrons. The van der Waals surface area contributed by atoms with Crippen molar-refractivity contribution in [1.29, 1.82) is 0 Å². The number of nitrogens with zero attached hydrogens (tertiary/aromatic N) is 13. The van der Waals surface area contributed by atoms with Gasteiger partial charge in [0.25, 0.3) is 0 Å². The Labute approximate surface area is 774 Å². The normalized spacial score (nSPS) is 18.4. The Morgan fingerprint density at radius 1 is 0.386 bits per heavy atom. The smallest absolute Gasteiger partial charge is 0.337 e. The number of carbonyl (C=O) groups is 8. The number of esters is 1. The van der Waals surface area contributed by atoms with E-state index in [1.807, 2.05) is 170 Å². The van der Waals surface area contributed by atoms with Crippen molar-refractivity contribution in [3.63, 3.8) is 0 Å². The molecule has 0 unspecified atom stereocenters. The number of carboxylic acid groups (broad SMARTS) is 2. The second-order valence-corrected chi connectivity index (χ2v) is 37.8. The molecule has 0 aliphatic heterocycles. The number of methoxy groups -OCH3 is 1. The van der Waals surface area contributed by atoms with Crippen LogP contribution in [-0.2, 0) is 4.74 Å². The zero-order chi connectivity index (χ0) is 91.5. The maximum absolute atomic E-state index is 12.8. The first kappa shape index (κ1) is 90.4. The number of Topliss-reactive ketones (excluding diaryl/α,β-unsaturated/α-hetero) is 5. The number of aryl methyl sites for hydroxylation is 2. The van der Waals surface area contributed by atoms with Crippen LogP contribution in [0.5, 0.6) is 0 Å². The summed E-state index contributed by atoms with van der Waals surface area (Å²) < 4.78 is 19.1. The zero-order valence-corrected chi connectivity index (χ0v) is 76.3. The number of rotatable bonds is 25. The van der Waals surface area contributed by atoms with Gasteiger partial charge in [-0.05, 0) is 264 Å². The number of benzene rings is 4. The molecule has 4 aliphatic carbocycles. The summed E-state index contributed by atoms with van der Waals surface area (Å²) in [6, 6.07) is 57.0. The van der Waals surface area contributed by atoms with Gasteiger partial charge in [0.15, 0.2) is 58.1 Å². The van der Waals surface area contributed by atoms with Crippen LogP contribution in [0.25, 0.3) is 90.2 Å². The number of ketones is 5. The molecular weight excluding hydrogens is 1720 g/mol. The van der Waals surface area contributed by atoms with Crippen molar-refractivity contribution in [2.45, 2.75) is 180 Å². The average molecular weight is 1820 g/mol. The number of thiophene rings is 3. The van der Waals surface area contributed by atoms with Crippen molar-refractivity contribution in [3.8, 4) is 46.1 Å². The summed E-state index contributed by atoms with van der Waals surface area (Å²) in [5, 5.41) is 22.7. The third-order valence-electron chi connectivity index (χ3n) is 25.8. The number of pyridine rings is 4. The fourth-order valence-electron chi connectivity index (χ4n) is 19.6. The van der Waals surface area contributed by atoms with Gasteiger partial charge in [0.2, 0.25) is 0 Å². The molecule has 0 amide bonds. The van der Waals surface area contributed by atoms with Crippen molar-refractivity contribution in [2.24, 2.45) is 23.7 Å². The first-order valence-electron chi connectivity index (χ1n) is 45.3. The molecular formula is C104H101N13O12S3. The first-order valence-corrected chi connectivity index (χ1v) is 47.8. The molecule has 0 radical (unpaired) electrons. The molecule has 25 nitrogen and oxygen atoms in total. The third-order valence-corrected chi connectivity index (χ3v) is 28.6. The quantitative estimate of drug-likeness (QED) is 0.0396. The van der Waals surface area contributed by atoms with Gasteiger partial charge in [-0.15, -0.1) is 34.0 Å². The van der Waals surface area contributed by atoms with Crippen LogP contribution >= 0.6 is 34.0 Å². The Morgan fingerprint density at radius 3 is 1.05 bits per heavy atom. The van der Waals surface area contributed by atoms with E-state index in [4.69, 9.17) is 29.1 Å². The lowest BCUT2D eigenvalue weighted by molar-refractivity contribution is 0.0598. The van der Waals surface area contributed by atoms with E-state index in [-0.39, 0.29) is 76.1 Å².